The summed E-state index contributed by atoms with van der Waals surface area (Å²) in [5.41, 5.74) is 8.49. The van der Waals surface area contributed by atoms with Gasteiger partial charge in [0.25, 0.3) is 0 Å². The minimum atomic E-state index is -0.582. The molecule has 0 bridgehead atoms. The van der Waals surface area contributed by atoms with Crippen LogP contribution in [-0.4, -0.2) is 28.0 Å². The molecule has 2 heterocycles. The number of rotatable bonds is 6. The zero-order valence-corrected chi connectivity index (χ0v) is 17.9. The molecular weight excluding hydrogens is 336 g/mol. The number of imidazole rings is 1. The number of benzene rings is 1. The summed E-state index contributed by atoms with van der Waals surface area (Å²) in [4.78, 5) is 4.18. The highest BCUT2D eigenvalue weighted by Gasteiger charge is 2.42. The second kappa shape index (κ2) is 7.76. The number of nitrogens with zero attached hydrogens (tertiary/aromatic N) is 2. The maximum absolute atomic E-state index is 6.50. The maximum Gasteiger partial charge on any atom is 0.187 e. The van der Waals surface area contributed by atoms with Gasteiger partial charge in [0.05, 0.1) is 25.6 Å². The minimum absolute atomic E-state index is 0.150. The van der Waals surface area contributed by atoms with E-state index in [2.05, 4.69) is 58.0 Å². The number of ether oxygens (including phenoxy) is 2. The predicted molar refractivity (Wildman–Crippen MR) is 109 cm³/mol. The lowest BCUT2D eigenvalue weighted by molar-refractivity contribution is -0.185. The van der Waals surface area contributed by atoms with Crippen LogP contribution in [0.4, 0.5) is 0 Å². The molecule has 3 rings (SSSR count). The van der Waals surface area contributed by atoms with Gasteiger partial charge in [-0.05, 0) is 80.3 Å². The van der Waals surface area contributed by atoms with E-state index in [1.807, 2.05) is 18.7 Å². The Morgan fingerprint density at radius 1 is 1.07 bits per heavy atom. The molecule has 27 heavy (non-hydrogen) atoms. The Bertz CT molecular complexity index is 766. The Kier molecular flexibility index (Phi) is 5.78. The highest BCUT2D eigenvalue weighted by molar-refractivity contribution is 5.49. The van der Waals surface area contributed by atoms with Crippen molar-refractivity contribution in [3.63, 3.8) is 0 Å². The van der Waals surface area contributed by atoms with Crippen LogP contribution in [0.1, 0.15) is 53.6 Å². The van der Waals surface area contributed by atoms with Crippen molar-refractivity contribution in [3.8, 4) is 0 Å². The van der Waals surface area contributed by atoms with Crippen molar-refractivity contribution in [2.24, 2.45) is 5.92 Å². The Balaban J connectivity index is 1.86. The maximum atomic E-state index is 6.50. The molecule has 4 heteroatoms. The molecule has 148 valence electrons. The van der Waals surface area contributed by atoms with E-state index in [-0.39, 0.29) is 6.10 Å². The van der Waals surface area contributed by atoms with E-state index < -0.39 is 5.79 Å². The summed E-state index contributed by atoms with van der Waals surface area (Å²) in [5.74, 6) is -0.136. The number of hydrogen-bond acceptors (Lipinski definition) is 3. The third-order valence-corrected chi connectivity index (χ3v) is 6.51. The first kappa shape index (κ1) is 20.1. The van der Waals surface area contributed by atoms with Gasteiger partial charge in [-0.1, -0.05) is 13.8 Å². The van der Waals surface area contributed by atoms with E-state index in [1.54, 1.807) is 0 Å². The third kappa shape index (κ3) is 3.97. The fourth-order valence-electron chi connectivity index (χ4n) is 4.13. The first-order valence-corrected chi connectivity index (χ1v) is 10.1. The van der Waals surface area contributed by atoms with Crippen LogP contribution in [0.15, 0.2) is 18.7 Å². The highest BCUT2D eigenvalue weighted by atomic mass is 16.7. The van der Waals surface area contributed by atoms with Crippen molar-refractivity contribution >= 4 is 0 Å². The van der Waals surface area contributed by atoms with Crippen LogP contribution in [0.2, 0.25) is 0 Å². The van der Waals surface area contributed by atoms with E-state index in [4.69, 9.17) is 9.47 Å². The largest absolute Gasteiger partial charge is 0.345 e. The van der Waals surface area contributed by atoms with Gasteiger partial charge in [-0.2, -0.15) is 0 Å². The molecule has 1 aromatic carbocycles. The lowest BCUT2D eigenvalue weighted by Gasteiger charge is -2.30. The topological polar surface area (TPSA) is 36.3 Å². The molecule has 4 nitrogen and oxygen atoms in total. The summed E-state index contributed by atoms with van der Waals surface area (Å²) in [6.07, 6.45) is 7.58. The quantitative estimate of drug-likeness (QED) is 0.731. The Labute approximate surface area is 163 Å². The normalized spacial score (nSPS) is 22.7. The standard InChI is InChI=1S/C23H34N2O2/c1-15(2)22-12-26-23(27-22,13-25-11-10-24-14-25)9-8-21-19(6)17(4)16(3)18(5)20(21)7/h10-11,14-15,22H,8-9,12-13H2,1-7H3. The van der Waals surface area contributed by atoms with Gasteiger partial charge in [-0.25, -0.2) is 4.98 Å². The van der Waals surface area contributed by atoms with Crippen LogP contribution in [0.3, 0.4) is 0 Å². The first-order valence-electron chi connectivity index (χ1n) is 10.1. The average molecular weight is 371 g/mol. The predicted octanol–water partition coefficient (Wildman–Crippen LogP) is 4.83. The lowest BCUT2D eigenvalue weighted by atomic mass is 9.87. The molecule has 0 radical (unpaired) electrons. The summed E-state index contributed by atoms with van der Waals surface area (Å²) in [6.45, 7) is 16.9. The van der Waals surface area contributed by atoms with Crippen LogP contribution in [0.5, 0.6) is 0 Å². The molecule has 0 amide bonds. The van der Waals surface area contributed by atoms with E-state index in [1.165, 1.54) is 33.4 Å². The van der Waals surface area contributed by atoms with E-state index in [0.717, 1.165) is 12.8 Å². The molecule has 2 unspecified atom stereocenters. The Hall–Kier alpha value is -1.65. The van der Waals surface area contributed by atoms with Gasteiger partial charge in [-0.3, -0.25) is 0 Å². The zero-order chi connectivity index (χ0) is 19.8. The molecular formula is C23H34N2O2. The molecule has 0 aliphatic carbocycles. The fourth-order valence-corrected chi connectivity index (χ4v) is 4.13. The molecule has 0 saturated carbocycles. The van der Waals surface area contributed by atoms with Gasteiger partial charge in [0.2, 0.25) is 0 Å². The summed E-state index contributed by atoms with van der Waals surface area (Å²) in [7, 11) is 0. The Morgan fingerprint density at radius 2 is 1.70 bits per heavy atom. The van der Waals surface area contributed by atoms with E-state index >= 15 is 0 Å². The summed E-state index contributed by atoms with van der Waals surface area (Å²) >= 11 is 0. The van der Waals surface area contributed by atoms with Crippen LogP contribution in [0, 0.1) is 40.5 Å². The molecule has 1 fully saturated rings. The first-order chi connectivity index (χ1) is 12.7. The molecule has 0 spiro atoms. The average Bonchev–Trinajstić information content (AvgIpc) is 3.29. The van der Waals surface area contributed by atoms with Gasteiger partial charge in [-0.15, -0.1) is 0 Å². The van der Waals surface area contributed by atoms with Crippen molar-refractivity contribution in [2.45, 2.75) is 79.7 Å². The fraction of sp³-hybridized carbons (Fsp3) is 0.609. The van der Waals surface area contributed by atoms with Gasteiger partial charge in [0.15, 0.2) is 5.79 Å². The van der Waals surface area contributed by atoms with Crippen molar-refractivity contribution in [3.05, 3.63) is 52.1 Å². The van der Waals surface area contributed by atoms with E-state index in [0.29, 0.717) is 19.1 Å². The lowest BCUT2D eigenvalue weighted by Crippen LogP contribution is -2.37. The van der Waals surface area contributed by atoms with Crippen molar-refractivity contribution in [1.29, 1.82) is 0 Å². The van der Waals surface area contributed by atoms with Crippen molar-refractivity contribution in [2.75, 3.05) is 6.61 Å². The van der Waals surface area contributed by atoms with Crippen LogP contribution >= 0.6 is 0 Å². The summed E-state index contributed by atoms with van der Waals surface area (Å²) < 4.78 is 14.9. The van der Waals surface area contributed by atoms with E-state index in [9.17, 15) is 0 Å². The van der Waals surface area contributed by atoms with Gasteiger partial charge in [0, 0.05) is 18.8 Å². The van der Waals surface area contributed by atoms with Crippen LogP contribution < -0.4 is 0 Å². The third-order valence-electron chi connectivity index (χ3n) is 6.51. The second-order valence-electron chi connectivity index (χ2n) is 8.46. The van der Waals surface area contributed by atoms with Gasteiger partial charge >= 0.3 is 0 Å². The minimum Gasteiger partial charge on any atom is -0.345 e. The molecule has 1 aromatic heterocycles. The highest BCUT2D eigenvalue weighted by Crippen LogP contribution is 2.35. The summed E-state index contributed by atoms with van der Waals surface area (Å²) in [6, 6.07) is 0. The molecule has 1 aliphatic rings. The van der Waals surface area contributed by atoms with Crippen LogP contribution in [0.25, 0.3) is 0 Å². The summed E-state index contributed by atoms with van der Waals surface area (Å²) in [5, 5.41) is 0. The second-order valence-corrected chi connectivity index (χ2v) is 8.46. The number of hydrogen-bond donors (Lipinski definition) is 0. The van der Waals surface area contributed by atoms with Crippen molar-refractivity contribution < 1.29 is 9.47 Å². The molecule has 2 atom stereocenters. The SMILES string of the molecule is Cc1c(C)c(C)c(CCC2(Cn3ccnc3)OCC(C(C)C)O2)c(C)c1C. The van der Waals surface area contributed by atoms with Crippen LogP contribution in [-0.2, 0) is 22.4 Å². The van der Waals surface area contributed by atoms with Gasteiger partial charge in [0.1, 0.15) is 0 Å². The monoisotopic (exact) mass is 370 g/mol. The van der Waals surface area contributed by atoms with Crippen molar-refractivity contribution in [1.82, 2.24) is 9.55 Å². The molecule has 0 N–H and O–H groups in total. The zero-order valence-electron chi connectivity index (χ0n) is 17.9. The van der Waals surface area contributed by atoms with Gasteiger partial charge < -0.3 is 14.0 Å². The molecule has 1 aliphatic heterocycles. The number of aromatic nitrogens is 2. The molecule has 2 aromatic rings. The smallest absolute Gasteiger partial charge is 0.187 e. The molecule has 1 saturated heterocycles. The Morgan fingerprint density at radius 3 is 2.22 bits per heavy atom.